The zero-order valence-electron chi connectivity index (χ0n) is 13.6. The Balaban J connectivity index is 2.37. The summed E-state index contributed by atoms with van der Waals surface area (Å²) in [5.41, 5.74) is 7.30. The Morgan fingerprint density at radius 3 is 2.50 bits per heavy atom. The van der Waals surface area contributed by atoms with E-state index in [4.69, 9.17) is 34.6 Å². The summed E-state index contributed by atoms with van der Waals surface area (Å²) < 4.78 is 54.0. The molecule has 0 spiro atoms. The van der Waals surface area contributed by atoms with Crippen molar-refractivity contribution in [1.29, 1.82) is 0 Å². The number of nitrogens with two attached hydrogens (primary N) is 1. The standard InChI is InChI=1S/C11H20N4O8S/c1-6-19-9(20-6)11(4,14-15-12)8(22-24(16,17)23-13)7-5-18-10(2,3)21-7/h6-9H,5,13H2,1-4H3/t6?,7-,8-,9?,11+/m1/s1. The molecule has 0 unspecified atom stereocenters. The first-order valence-corrected chi connectivity index (χ1v) is 8.37. The van der Waals surface area contributed by atoms with Gasteiger partial charge in [0.15, 0.2) is 18.4 Å². The van der Waals surface area contributed by atoms with Gasteiger partial charge in [-0.15, -0.1) is 0 Å². The van der Waals surface area contributed by atoms with E-state index in [9.17, 15) is 8.42 Å². The summed E-state index contributed by atoms with van der Waals surface area (Å²) in [6, 6.07) is 0. The molecule has 0 saturated carbocycles. The predicted molar refractivity (Wildman–Crippen MR) is 76.9 cm³/mol. The van der Waals surface area contributed by atoms with Crippen LogP contribution in [0, 0.1) is 0 Å². The third kappa shape index (κ3) is 3.96. The molecule has 0 amide bonds. The van der Waals surface area contributed by atoms with Gasteiger partial charge in [0.1, 0.15) is 17.7 Å². The molecule has 0 aromatic carbocycles. The molecule has 2 rings (SSSR count). The van der Waals surface area contributed by atoms with Gasteiger partial charge in [0.25, 0.3) is 0 Å². The highest BCUT2D eigenvalue weighted by Crippen LogP contribution is 2.39. The monoisotopic (exact) mass is 368 g/mol. The third-order valence-electron chi connectivity index (χ3n) is 3.65. The Morgan fingerprint density at radius 1 is 1.46 bits per heavy atom. The van der Waals surface area contributed by atoms with E-state index in [1.54, 1.807) is 20.8 Å². The first-order chi connectivity index (χ1) is 11.0. The average molecular weight is 368 g/mol. The Labute approximate surface area is 139 Å². The summed E-state index contributed by atoms with van der Waals surface area (Å²) in [4.78, 5) is 2.74. The van der Waals surface area contributed by atoms with Gasteiger partial charge in [0, 0.05) is 4.91 Å². The van der Waals surface area contributed by atoms with Crippen molar-refractivity contribution in [3.05, 3.63) is 10.4 Å². The van der Waals surface area contributed by atoms with Crippen molar-refractivity contribution in [3.8, 4) is 0 Å². The Bertz CT molecular complexity index is 616. The van der Waals surface area contributed by atoms with Crippen molar-refractivity contribution in [3.63, 3.8) is 0 Å². The summed E-state index contributed by atoms with van der Waals surface area (Å²) in [6.45, 7) is 6.30. The lowest BCUT2D eigenvalue weighted by Crippen LogP contribution is -2.62. The van der Waals surface area contributed by atoms with Crippen molar-refractivity contribution >= 4 is 10.4 Å². The summed E-state index contributed by atoms with van der Waals surface area (Å²) in [6.07, 6.45) is -3.87. The molecule has 13 heteroatoms. The molecule has 0 bridgehead atoms. The van der Waals surface area contributed by atoms with Crippen LogP contribution in [0.2, 0.25) is 0 Å². The SMILES string of the molecule is CC1OC([C@@](C)(N=[N+]=[N-])[C@H](OS(=O)(=O)ON)[C@H]2COC(C)(C)O2)O1. The lowest BCUT2D eigenvalue weighted by atomic mass is 9.90. The number of rotatable bonds is 7. The molecule has 3 atom stereocenters. The zero-order valence-corrected chi connectivity index (χ0v) is 14.4. The van der Waals surface area contributed by atoms with Gasteiger partial charge in [0.05, 0.1) is 6.61 Å². The van der Waals surface area contributed by atoms with Crippen LogP contribution in [0.3, 0.4) is 0 Å². The highest BCUT2D eigenvalue weighted by Gasteiger charge is 2.56. The molecule has 0 aromatic rings. The van der Waals surface area contributed by atoms with Gasteiger partial charge < -0.3 is 18.9 Å². The maximum Gasteiger partial charge on any atom is 0.416 e. The fourth-order valence-corrected chi connectivity index (χ4v) is 3.14. The molecule has 24 heavy (non-hydrogen) atoms. The van der Waals surface area contributed by atoms with Crippen LogP contribution in [0.25, 0.3) is 10.4 Å². The number of nitrogens with zero attached hydrogens (tertiary/aromatic N) is 3. The van der Waals surface area contributed by atoms with E-state index >= 15 is 0 Å². The fraction of sp³-hybridized carbons (Fsp3) is 1.00. The molecule has 12 nitrogen and oxygen atoms in total. The minimum absolute atomic E-state index is 0.0173. The van der Waals surface area contributed by atoms with Crippen molar-refractivity contribution in [1.82, 2.24) is 0 Å². The second kappa shape index (κ2) is 6.71. The van der Waals surface area contributed by atoms with Crippen LogP contribution < -0.4 is 5.90 Å². The molecule has 2 fully saturated rings. The van der Waals surface area contributed by atoms with Gasteiger partial charge in [-0.3, -0.25) is 0 Å². The van der Waals surface area contributed by atoms with Gasteiger partial charge in [-0.1, -0.05) is 5.11 Å². The summed E-state index contributed by atoms with van der Waals surface area (Å²) in [5.74, 6) is 3.74. The molecule has 2 heterocycles. The zero-order chi connectivity index (χ0) is 18.2. The topological polar surface area (TPSA) is 164 Å². The lowest BCUT2D eigenvalue weighted by molar-refractivity contribution is -0.400. The second-order valence-electron chi connectivity index (χ2n) is 5.98. The van der Waals surface area contributed by atoms with E-state index in [-0.39, 0.29) is 6.61 Å². The molecule has 2 N–H and O–H groups in total. The van der Waals surface area contributed by atoms with Gasteiger partial charge in [-0.25, -0.2) is 4.18 Å². The lowest BCUT2D eigenvalue weighted by Gasteiger charge is -2.46. The van der Waals surface area contributed by atoms with E-state index in [1.165, 1.54) is 6.92 Å². The first kappa shape index (κ1) is 19.3. The van der Waals surface area contributed by atoms with E-state index < -0.39 is 46.5 Å². The molecule has 2 saturated heterocycles. The summed E-state index contributed by atoms with van der Waals surface area (Å²) in [5, 5.41) is 3.63. The number of hydrogen-bond donors (Lipinski definition) is 1. The Hall–Kier alpha value is -1.02. The van der Waals surface area contributed by atoms with Gasteiger partial charge >= 0.3 is 10.4 Å². The molecular weight excluding hydrogens is 348 g/mol. The van der Waals surface area contributed by atoms with E-state index in [2.05, 4.69) is 14.3 Å². The highest BCUT2D eigenvalue weighted by atomic mass is 32.3. The first-order valence-electron chi connectivity index (χ1n) is 7.03. The van der Waals surface area contributed by atoms with Crippen molar-refractivity contribution < 1.29 is 35.8 Å². The maximum absolute atomic E-state index is 11.7. The Kier molecular flexibility index (Phi) is 5.40. The van der Waals surface area contributed by atoms with Crippen LogP contribution in [-0.4, -0.2) is 51.1 Å². The molecule has 2 aliphatic rings. The fourth-order valence-electron chi connectivity index (χ4n) is 2.52. The Morgan fingerprint density at radius 2 is 2.08 bits per heavy atom. The third-order valence-corrected chi connectivity index (χ3v) is 4.33. The molecule has 2 aliphatic heterocycles. The minimum Gasteiger partial charge on any atom is -0.348 e. The van der Waals surface area contributed by atoms with Gasteiger partial charge in [0.2, 0.25) is 0 Å². The maximum atomic E-state index is 11.7. The number of ether oxygens (including phenoxy) is 4. The van der Waals surface area contributed by atoms with Crippen molar-refractivity contribution in [2.45, 2.75) is 63.8 Å². The molecule has 0 radical (unpaired) electrons. The van der Waals surface area contributed by atoms with Crippen LogP contribution in [0.5, 0.6) is 0 Å². The van der Waals surface area contributed by atoms with Crippen LogP contribution in [0.4, 0.5) is 0 Å². The second-order valence-corrected chi connectivity index (χ2v) is 7.18. The molecule has 0 aromatic heterocycles. The predicted octanol–water partition coefficient (Wildman–Crippen LogP) is 0.446. The van der Waals surface area contributed by atoms with Crippen molar-refractivity contribution in [2.75, 3.05) is 6.61 Å². The van der Waals surface area contributed by atoms with Gasteiger partial charge in [-0.05, 0) is 33.2 Å². The quantitative estimate of drug-likeness (QED) is 0.290. The van der Waals surface area contributed by atoms with E-state index in [1.807, 2.05) is 0 Å². The molecule has 0 aliphatic carbocycles. The van der Waals surface area contributed by atoms with Crippen LogP contribution >= 0.6 is 0 Å². The average Bonchev–Trinajstić information content (AvgIpc) is 2.81. The molecular formula is C11H20N4O8S. The van der Waals surface area contributed by atoms with E-state index in [0.29, 0.717) is 0 Å². The van der Waals surface area contributed by atoms with Crippen LogP contribution in [0.1, 0.15) is 27.7 Å². The number of azide groups is 1. The van der Waals surface area contributed by atoms with Gasteiger partial charge in [-0.2, -0.15) is 18.6 Å². The molecule has 138 valence electrons. The summed E-state index contributed by atoms with van der Waals surface area (Å²) in [7, 11) is -4.58. The van der Waals surface area contributed by atoms with Crippen LogP contribution in [0.15, 0.2) is 5.11 Å². The van der Waals surface area contributed by atoms with Crippen LogP contribution in [-0.2, 0) is 37.8 Å². The number of hydrogen-bond acceptors (Lipinski definition) is 10. The largest absolute Gasteiger partial charge is 0.416 e. The minimum atomic E-state index is -4.58. The van der Waals surface area contributed by atoms with Crippen molar-refractivity contribution in [2.24, 2.45) is 11.0 Å². The smallest absolute Gasteiger partial charge is 0.348 e. The normalized spacial score (nSPS) is 33.1. The highest BCUT2D eigenvalue weighted by molar-refractivity contribution is 7.81. The van der Waals surface area contributed by atoms with E-state index in [0.717, 1.165) is 0 Å². The summed E-state index contributed by atoms with van der Waals surface area (Å²) >= 11 is 0.